The lowest BCUT2D eigenvalue weighted by Gasteiger charge is -2.07. The average Bonchev–Trinajstić information content (AvgIpc) is 3.17. The summed E-state index contributed by atoms with van der Waals surface area (Å²) in [5, 5.41) is 14.9. The van der Waals surface area contributed by atoms with E-state index in [0.717, 1.165) is 18.4 Å². The summed E-state index contributed by atoms with van der Waals surface area (Å²) in [7, 11) is 0. The minimum Gasteiger partial charge on any atom is -0.366 e. The van der Waals surface area contributed by atoms with Crippen molar-refractivity contribution in [2.45, 2.75) is 25.8 Å². The Morgan fingerprint density at radius 1 is 1.47 bits per heavy atom. The van der Waals surface area contributed by atoms with Gasteiger partial charge in [0.2, 0.25) is 0 Å². The van der Waals surface area contributed by atoms with Gasteiger partial charge in [-0.05, 0) is 18.4 Å². The van der Waals surface area contributed by atoms with Crippen LogP contribution < -0.4 is 5.32 Å². The summed E-state index contributed by atoms with van der Waals surface area (Å²) < 4.78 is 0. The van der Waals surface area contributed by atoms with Crippen LogP contribution >= 0.6 is 0 Å². The molecule has 1 aliphatic carbocycles. The van der Waals surface area contributed by atoms with Gasteiger partial charge in [-0.2, -0.15) is 0 Å². The standard InChI is InChI=1S/C13H14N4O2/c1-2-8-5-12(8)16-13-10-6-9(17(18)19)3-4-11(10)14-7-15-13/h3-4,6-8,12H,2,5H2,1H3,(H,14,15,16). The van der Waals surface area contributed by atoms with Gasteiger partial charge in [-0.25, -0.2) is 9.97 Å². The number of rotatable bonds is 4. The Bertz CT molecular complexity index is 644. The Morgan fingerprint density at radius 2 is 2.32 bits per heavy atom. The van der Waals surface area contributed by atoms with Gasteiger partial charge in [0, 0.05) is 23.6 Å². The molecule has 1 heterocycles. The van der Waals surface area contributed by atoms with Crippen LogP contribution in [-0.4, -0.2) is 20.9 Å². The van der Waals surface area contributed by atoms with Crippen LogP contribution in [0, 0.1) is 16.0 Å². The summed E-state index contributed by atoms with van der Waals surface area (Å²) in [6.07, 6.45) is 3.76. The second-order valence-electron chi connectivity index (χ2n) is 4.84. The molecule has 2 aromatic rings. The normalized spacial score (nSPS) is 21.3. The number of hydrogen-bond donors (Lipinski definition) is 1. The zero-order valence-electron chi connectivity index (χ0n) is 10.5. The second-order valence-corrected chi connectivity index (χ2v) is 4.84. The maximum absolute atomic E-state index is 10.8. The number of nitro groups is 1. The molecule has 98 valence electrons. The maximum Gasteiger partial charge on any atom is 0.270 e. The third-order valence-corrected chi connectivity index (χ3v) is 3.60. The monoisotopic (exact) mass is 258 g/mol. The van der Waals surface area contributed by atoms with E-state index in [-0.39, 0.29) is 5.69 Å². The molecular formula is C13H14N4O2. The van der Waals surface area contributed by atoms with Crippen molar-refractivity contribution >= 4 is 22.4 Å². The molecule has 1 aromatic carbocycles. The summed E-state index contributed by atoms with van der Waals surface area (Å²) in [6, 6.07) is 5.08. The molecule has 0 bridgehead atoms. The molecule has 6 nitrogen and oxygen atoms in total. The van der Waals surface area contributed by atoms with Crippen molar-refractivity contribution in [1.29, 1.82) is 0 Å². The Balaban J connectivity index is 1.98. The zero-order chi connectivity index (χ0) is 13.4. The Kier molecular flexibility index (Phi) is 2.77. The van der Waals surface area contributed by atoms with Crippen molar-refractivity contribution in [3.05, 3.63) is 34.6 Å². The van der Waals surface area contributed by atoms with Crippen LogP contribution in [0.25, 0.3) is 10.9 Å². The van der Waals surface area contributed by atoms with Crippen LogP contribution in [0.4, 0.5) is 11.5 Å². The van der Waals surface area contributed by atoms with Crippen LogP contribution in [0.2, 0.25) is 0 Å². The molecule has 6 heteroatoms. The molecule has 0 radical (unpaired) electrons. The topological polar surface area (TPSA) is 81.0 Å². The smallest absolute Gasteiger partial charge is 0.270 e. The van der Waals surface area contributed by atoms with E-state index < -0.39 is 4.92 Å². The van der Waals surface area contributed by atoms with Gasteiger partial charge >= 0.3 is 0 Å². The molecular weight excluding hydrogens is 244 g/mol. The van der Waals surface area contributed by atoms with Crippen molar-refractivity contribution in [1.82, 2.24) is 9.97 Å². The van der Waals surface area contributed by atoms with Crippen LogP contribution in [0.1, 0.15) is 19.8 Å². The first-order chi connectivity index (χ1) is 9.19. The van der Waals surface area contributed by atoms with E-state index in [1.54, 1.807) is 6.07 Å². The van der Waals surface area contributed by atoms with Crippen LogP contribution in [0.5, 0.6) is 0 Å². The highest BCUT2D eigenvalue weighted by molar-refractivity contribution is 5.90. The molecule has 1 aromatic heterocycles. The van der Waals surface area contributed by atoms with Gasteiger partial charge in [0.15, 0.2) is 0 Å². The fourth-order valence-electron chi connectivity index (χ4n) is 2.32. The number of hydrogen-bond acceptors (Lipinski definition) is 5. The number of benzene rings is 1. The quantitative estimate of drug-likeness (QED) is 0.673. The van der Waals surface area contributed by atoms with Gasteiger partial charge in [-0.15, -0.1) is 0 Å². The maximum atomic E-state index is 10.8. The van der Waals surface area contributed by atoms with Crippen LogP contribution in [0.15, 0.2) is 24.5 Å². The first kappa shape index (κ1) is 11.8. The molecule has 1 saturated carbocycles. The molecule has 0 aliphatic heterocycles. The molecule has 2 unspecified atom stereocenters. The van der Waals surface area contributed by atoms with E-state index in [1.165, 1.54) is 18.5 Å². The number of anilines is 1. The molecule has 0 amide bonds. The third kappa shape index (κ3) is 2.21. The molecule has 0 spiro atoms. The predicted octanol–water partition coefficient (Wildman–Crippen LogP) is 2.75. The van der Waals surface area contributed by atoms with E-state index >= 15 is 0 Å². The summed E-state index contributed by atoms with van der Waals surface area (Å²) in [6.45, 7) is 2.16. The average molecular weight is 258 g/mol. The van der Waals surface area contributed by atoms with Crippen LogP contribution in [-0.2, 0) is 0 Å². The summed E-state index contributed by atoms with van der Waals surface area (Å²) in [5.41, 5.74) is 0.782. The van der Waals surface area contributed by atoms with Gasteiger partial charge in [-0.3, -0.25) is 10.1 Å². The highest BCUT2D eigenvalue weighted by atomic mass is 16.6. The molecule has 1 N–H and O–H groups in total. The summed E-state index contributed by atoms with van der Waals surface area (Å²) >= 11 is 0. The van der Waals surface area contributed by atoms with E-state index in [9.17, 15) is 10.1 Å². The lowest BCUT2D eigenvalue weighted by Crippen LogP contribution is -2.07. The number of nitro benzene ring substituents is 1. The number of aromatic nitrogens is 2. The lowest BCUT2D eigenvalue weighted by molar-refractivity contribution is -0.384. The van der Waals surface area contributed by atoms with Crippen molar-refractivity contribution < 1.29 is 4.92 Å². The highest BCUT2D eigenvalue weighted by Gasteiger charge is 2.35. The van der Waals surface area contributed by atoms with Crippen molar-refractivity contribution in [2.75, 3.05) is 5.32 Å². The third-order valence-electron chi connectivity index (χ3n) is 3.60. The Morgan fingerprint density at radius 3 is 3.00 bits per heavy atom. The Hall–Kier alpha value is -2.24. The lowest BCUT2D eigenvalue weighted by atomic mass is 10.2. The molecule has 1 fully saturated rings. The van der Waals surface area contributed by atoms with Crippen molar-refractivity contribution in [3.63, 3.8) is 0 Å². The van der Waals surface area contributed by atoms with E-state index in [4.69, 9.17) is 0 Å². The predicted molar refractivity (Wildman–Crippen MR) is 72.0 cm³/mol. The molecule has 19 heavy (non-hydrogen) atoms. The Labute approximate surface area is 110 Å². The fourth-order valence-corrected chi connectivity index (χ4v) is 2.32. The minimum absolute atomic E-state index is 0.0631. The minimum atomic E-state index is -0.401. The zero-order valence-corrected chi connectivity index (χ0v) is 10.5. The second kappa shape index (κ2) is 4.46. The number of nitrogens with one attached hydrogen (secondary N) is 1. The van der Waals surface area contributed by atoms with E-state index in [1.807, 2.05) is 0 Å². The summed E-state index contributed by atoms with van der Waals surface area (Å²) in [4.78, 5) is 18.8. The number of nitrogens with zero attached hydrogens (tertiary/aromatic N) is 3. The SMILES string of the molecule is CCC1CC1Nc1ncnc2ccc([N+](=O)[O-])cc12. The first-order valence-electron chi connectivity index (χ1n) is 6.34. The molecule has 0 saturated heterocycles. The highest BCUT2D eigenvalue weighted by Crippen LogP contribution is 2.37. The van der Waals surface area contributed by atoms with Gasteiger partial charge in [0.25, 0.3) is 5.69 Å². The van der Waals surface area contributed by atoms with Crippen LogP contribution in [0.3, 0.4) is 0 Å². The fraction of sp³-hybridized carbons (Fsp3) is 0.385. The van der Waals surface area contributed by atoms with Crippen molar-refractivity contribution in [2.24, 2.45) is 5.92 Å². The molecule has 2 atom stereocenters. The first-order valence-corrected chi connectivity index (χ1v) is 6.34. The van der Waals surface area contributed by atoms with E-state index in [0.29, 0.717) is 23.2 Å². The largest absolute Gasteiger partial charge is 0.366 e. The van der Waals surface area contributed by atoms with Gasteiger partial charge < -0.3 is 5.32 Å². The number of fused-ring (bicyclic) bond motifs is 1. The summed E-state index contributed by atoms with van der Waals surface area (Å²) in [5.74, 6) is 1.37. The van der Waals surface area contributed by atoms with Gasteiger partial charge in [0.1, 0.15) is 12.1 Å². The van der Waals surface area contributed by atoms with E-state index in [2.05, 4.69) is 22.2 Å². The molecule has 1 aliphatic rings. The number of non-ortho nitro benzene ring substituents is 1. The van der Waals surface area contributed by atoms with Gasteiger partial charge in [0.05, 0.1) is 10.4 Å². The van der Waals surface area contributed by atoms with Gasteiger partial charge in [-0.1, -0.05) is 13.3 Å². The van der Waals surface area contributed by atoms with Crippen molar-refractivity contribution in [3.8, 4) is 0 Å². The molecule has 3 rings (SSSR count).